The minimum Gasteiger partial charge on any atom is -0.478 e. The summed E-state index contributed by atoms with van der Waals surface area (Å²) >= 11 is 0. The van der Waals surface area contributed by atoms with Gasteiger partial charge < -0.3 is 15.7 Å². The lowest BCUT2D eigenvalue weighted by Gasteiger charge is -2.22. The fourth-order valence-electron chi connectivity index (χ4n) is 2.51. The van der Waals surface area contributed by atoms with E-state index in [1.165, 1.54) is 30.3 Å². The van der Waals surface area contributed by atoms with Crippen LogP contribution < -0.4 is 10.6 Å². The lowest BCUT2D eigenvalue weighted by molar-refractivity contribution is -0.118. The van der Waals surface area contributed by atoms with E-state index >= 15 is 0 Å². The topological polar surface area (TPSA) is 95.5 Å². The summed E-state index contributed by atoms with van der Waals surface area (Å²) in [7, 11) is 0. The van der Waals surface area contributed by atoms with Gasteiger partial charge in [-0.05, 0) is 54.8 Å². The number of aryl methyl sites for hydroxylation is 1. The Hall–Kier alpha value is -3.22. The van der Waals surface area contributed by atoms with Gasteiger partial charge in [-0.3, -0.25) is 9.59 Å². The molecule has 0 bridgehead atoms. The number of amides is 2. The Morgan fingerprint density at radius 1 is 1.04 bits per heavy atom. The van der Waals surface area contributed by atoms with Gasteiger partial charge in [-0.1, -0.05) is 19.9 Å². The molecule has 0 heterocycles. The van der Waals surface area contributed by atoms with Crippen LogP contribution in [0.1, 0.15) is 40.1 Å². The highest BCUT2D eigenvalue weighted by Gasteiger charge is 2.25. The molecule has 0 saturated heterocycles. The fourth-order valence-corrected chi connectivity index (χ4v) is 2.51. The zero-order valence-corrected chi connectivity index (χ0v) is 15.2. The van der Waals surface area contributed by atoms with Crippen molar-refractivity contribution in [1.29, 1.82) is 0 Å². The van der Waals surface area contributed by atoms with E-state index in [2.05, 4.69) is 10.6 Å². The Morgan fingerprint density at radius 3 is 2.22 bits per heavy atom. The Bertz CT molecular complexity index is 863. The third-order valence-electron chi connectivity index (χ3n) is 4.08. The molecule has 1 atom stereocenters. The minimum absolute atomic E-state index is 0.0873. The van der Waals surface area contributed by atoms with Crippen molar-refractivity contribution in [2.75, 3.05) is 5.32 Å². The van der Waals surface area contributed by atoms with E-state index in [-0.39, 0.29) is 17.0 Å². The van der Waals surface area contributed by atoms with Crippen molar-refractivity contribution in [3.05, 3.63) is 65.0 Å². The van der Waals surface area contributed by atoms with Gasteiger partial charge in [-0.25, -0.2) is 9.18 Å². The molecule has 0 saturated carbocycles. The fraction of sp³-hybridized carbons (Fsp3) is 0.250. The van der Waals surface area contributed by atoms with Gasteiger partial charge in [0, 0.05) is 11.3 Å². The third kappa shape index (κ3) is 5.13. The number of rotatable bonds is 6. The molecule has 142 valence electrons. The maximum atomic E-state index is 13.0. The monoisotopic (exact) mass is 372 g/mol. The number of hydrogen-bond donors (Lipinski definition) is 3. The second kappa shape index (κ2) is 8.44. The molecule has 0 aliphatic heterocycles. The molecule has 6 nitrogen and oxygen atoms in total. The van der Waals surface area contributed by atoms with Gasteiger partial charge in [0.25, 0.3) is 5.91 Å². The van der Waals surface area contributed by atoms with E-state index in [1.807, 2.05) is 0 Å². The summed E-state index contributed by atoms with van der Waals surface area (Å²) in [6, 6.07) is 8.71. The second-order valence-corrected chi connectivity index (χ2v) is 6.53. The van der Waals surface area contributed by atoms with Crippen LogP contribution in [0.3, 0.4) is 0 Å². The maximum Gasteiger partial charge on any atom is 0.336 e. The van der Waals surface area contributed by atoms with E-state index in [0.29, 0.717) is 11.3 Å². The normalized spacial score (nSPS) is 11.7. The summed E-state index contributed by atoms with van der Waals surface area (Å²) in [5.74, 6) is -2.75. The number of benzene rings is 2. The third-order valence-corrected chi connectivity index (χ3v) is 4.08. The molecule has 27 heavy (non-hydrogen) atoms. The molecule has 0 aromatic heterocycles. The summed E-state index contributed by atoms with van der Waals surface area (Å²) in [4.78, 5) is 36.2. The quantitative estimate of drug-likeness (QED) is 0.725. The lowest BCUT2D eigenvalue weighted by atomic mass is 10.0. The van der Waals surface area contributed by atoms with E-state index < -0.39 is 29.6 Å². The van der Waals surface area contributed by atoms with E-state index in [4.69, 9.17) is 0 Å². The van der Waals surface area contributed by atoms with Crippen LogP contribution in [0.2, 0.25) is 0 Å². The smallest absolute Gasteiger partial charge is 0.336 e. The molecule has 2 amide bonds. The molecule has 0 spiro atoms. The van der Waals surface area contributed by atoms with Crippen LogP contribution in [0.25, 0.3) is 0 Å². The molecule has 3 N–H and O–H groups in total. The van der Waals surface area contributed by atoms with Crippen molar-refractivity contribution < 1.29 is 23.9 Å². The molecule has 2 rings (SSSR count). The molecule has 7 heteroatoms. The zero-order chi connectivity index (χ0) is 20.1. The lowest BCUT2D eigenvalue weighted by Crippen LogP contribution is -2.47. The summed E-state index contributed by atoms with van der Waals surface area (Å²) < 4.78 is 13.0. The van der Waals surface area contributed by atoms with E-state index in [9.17, 15) is 23.9 Å². The highest BCUT2D eigenvalue weighted by atomic mass is 19.1. The van der Waals surface area contributed by atoms with Gasteiger partial charge in [0.15, 0.2) is 0 Å². The van der Waals surface area contributed by atoms with Crippen molar-refractivity contribution in [3.63, 3.8) is 0 Å². The molecule has 2 aromatic rings. The number of hydrogen-bond acceptors (Lipinski definition) is 3. The van der Waals surface area contributed by atoms with Gasteiger partial charge in [0.1, 0.15) is 11.9 Å². The number of halogens is 1. The minimum atomic E-state index is -1.09. The molecule has 0 aliphatic carbocycles. The number of carboxylic acids is 1. The van der Waals surface area contributed by atoms with Crippen LogP contribution in [0.4, 0.5) is 10.1 Å². The van der Waals surface area contributed by atoms with Crippen LogP contribution in [-0.2, 0) is 4.79 Å². The number of carboxylic acid groups (broad SMARTS) is 1. The predicted molar refractivity (Wildman–Crippen MR) is 99.3 cm³/mol. The van der Waals surface area contributed by atoms with Gasteiger partial charge in [0.05, 0.1) is 5.56 Å². The average molecular weight is 372 g/mol. The molecule has 0 aliphatic rings. The standard InChI is InChI=1S/C20H21FN2O4/c1-11(2)17(23-18(24)13-5-7-14(21)8-6-13)19(25)22-15-9-4-12(3)16(10-15)20(26)27/h4-11,17H,1-3H3,(H,22,25)(H,23,24)(H,26,27). The van der Waals surface area contributed by atoms with Crippen molar-refractivity contribution in [2.45, 2.75) is 26.8 Å². The Morgan fingerprint density at radius 2 is 1.67 bits per heavy atom. The molecule has 1 unspecified atom stereocenters. The van der Waals surface area contributed by atoms with Crippen molar-refractivity contribution in [1.82, 2.24) is 5.32 Å². The van der Waals surface area contributed by atoms with Gasteiger partial charge in [-0.15, -0.1) is 0 Å². The number of carbonyl (C=O) groups excluding carboxylic acids is 2. The first kappa shape index (κ1) is 20.1. The highest BCUT2D eigenvalue weighted by molar-refractivity contribution is 6.02. The van der Waals surface area contributed by atoms with Crippen molar-refractivity contribution in [2.24, 2.45) is 5.92 Å². The van der Waals surface area contributed by atoms with E-state index in [1.54, 1.807) is 32.9 Å². The summed E-state index contributed by atoms with van der Waals surface area (Å²) in [6.45, 7) is 5.20. The van der Waals surface area contributed by atoms with Gasteiger partial charge in [-0.2, -0.15) is 0 Å². The van der Waals surface area contributed by atoms with Crippen LogP contribution in [0, 0.1) is 18.7 Å². The average Bonchev–Trinajstić information content (AvgIpc) is 2.61. The number of carbonyl (C=O) groups is 3. The van der Waals surface area contributed by atoms with Crippen LogP contribution in [0.5, 0.6) is 0 Å². The van der Waals surface area contributed by atoms with Crippen LogP contribution in [0.15, 0.2) is 42.5 Å². The van der Waals surface area contributed by atoms with Crippen LogP contribution in [-0.4, -0.2) is 28.9 Å². The van der Waals surface area contributed by atoms with Gasteiger partial charge >= 0.3 is 5.97 Å². The largest absolute Gasteiger partial charge is 0.478 e. The Kier molecular flexibility index (Phi) is 6.28. The Balaban J connectivity index is 2.15. The molecular formula is C20H21FN2O4. The summed E-state index contributed by atoms with van der Waals surface area (Å²) in [6.07, 6.45) is 0. The number of aromatic carboxylic acids is 1. The molecule has 0 radical (unpaired) electrons. The molecular weight excluding hydrogens is 351 g/mol. The summed E-state index contributed by atoms with van der Waals surface area (Å²) in [5, 5.41) is 14.5. The SMILES string of the molecule is Cc1ccc(NC(=O)C(NC(=O)c2ccc(F)cc2)C(C)C)cc1C(=O)O. The van der Waals surface area contributed by atoms with Gasteiger partial charge in [0.2, 0.25) is 5.91 Å². The summed E-state index contributed by atoms with van der Waals surface area (Å²) in [5.41, 5.74) is 1.22. The molecule has 2 aromatic carbocycles. The predicted octanol–water partition coefficient (Wildman–Crippen LogP) is 3.23. The number of nitrogens with one attached hydrogen (secondary N) is 2. The number of anilines is 1. The first-order valence-corrected chi connectivity index (χ1v) is 8.40. The van der Waals surface area contributed by atoms with Crippen molar-refractivity contribution in [3.8, 4) is 0 Å². The Labute approximate surface area is 156 Å². The first-order chi connectivity index (χ1) is 12.7. The second-order valence-electron chi connectivity index (χ2n) is 6.53. The molecule has 0 fully saturated rings. The highest BCUT2D eigenvalue weighted by Crippen LogP contribution is 2.17. The zero-order valence-electron chi connectivity index (χ0n) is 15.2. The maximum absolute atomic E-state index is 13.0. The van der Waals surface area contributed by atoms with E-state index in [0.717, 1.165) is 0 Å². The van der Waals surface area contributed by atoms with Crippen LogP contribution >= 0.6 is 0 Å². The van der Waals surface area contributed by atoms with Crippen molar-refractivity contribution >= 4 is 23.5 Å². The first-order valence-electron chi connectivity index (χ1n) is 8.40.